The molecule has 200 valence electrons. The van der Waals surface area contributed by atoms with Crippen molar-refractivity contribution in [2.24, 2.45) is 5.41 Å². The Morgan fingerprint density at radius 1 is 1.05 bits per heavy atom. The summed E-state index contributed by atoms with van der Waals surface area (Å²) in [6.07, 6.45) is -6.85. The topological polar surface area (TPSA) is 103 Å². The molecule has 37 heavy (non-hydrogen) atoms. The molecule has 2 atom stereocenters. The van der Waals surface area contributed by atoms with E-state index in [1.807, 2.05) is 25.2 Å². The molecule has 0 saturated heterocycles. The van der Waals surface area contributed by atoms with E-state index in [0.29, 0.717) is 12.0 Å². The van der Waals surface area contributed by atoms with Crippen LogP contribution in [0.5, 0.6) is 0 Å². The maximum absolute atomic E-state index is 13.0. The lowest BCUT2D eigenvalue weighted by molar-refractivity contribution is -0.175. The molecule has 2 rings (SSSR count). The number of benzene rings is 2. The van der Waals surface area contributed by atoms with Crippen LogP contribution < -0.4 is 5.32 Å². The third kappa shape index (κ3) is 10.5. The van der Waals surface area contributed by atoms with E-state index in [-0.39, 0.29) is 32.5 Å². The smallest absolute Gasteiger partial charge is 0.445 e. The standard InChI is InChI=1S/C27H32F3N3O4/c1-26(2,14-9-15-31)19-33(25(36)37-18-21-12-7-4-8-13-21)17-23(34)22(32-24(35)27(28,29)30)16-20-10-5-3-6-11-20/h3-8,10-13,22-23,34H,9,14,16-19H2,1-2H3,(H,32,35). The Morgan fingerprint density at radius 3 is 2.16 bits per heavy atom. The van der Waals surface area contributed by atoms with Crippen molar-refractivity contribution in [2.75, 3.05) is 13.1 Å². The molecule has 0 radical (unpaired) electrons. The van der Waals surface area contributed by atoms with Gasteiger partial charge < -0.3 is 20.1 Å². The summed E-state index contributed by atoms with van der Waals surface area (Å²) in [7, 11) is 0. The van der Waals surface area contributed by atoms with Crippen LogP contribution in [0, 0.1) is 16.7 Å². The number of rotatable bonds is 12. The van der Waals surface area contributed by atoms with Crippen molar-refractivity contribution < 1.29 is 32.6 Å². The second-order valence-corrected chi connectivity index (χ2v) is 9.58. The van der Waals surface area contributed by atoms with Crippen molar-refractivity contribution in [3.05, 3.63) is 71.8 Å². The van der Waals surface area contributed by atoms with Gasteiger partial charge in [0.25, 0.3) is 0 Å². The quantitative estimate of drug-likeness (QED) is 0.427. The molecule has 0 aliphatic carbocycles. The highest BCUT2D eigenvalue weighted by Gasteiger charge is 2.41. The predicted molar refractivity (Wildman–Crippen MR) is 131 cm³/mol. The van der Waals surface area contributed by atoms with Crippen molar-refractivity contribution in [1.29, 1.82) is 5.26 Å². The third-order valence-electron chi connectivity index (χ3n) is 5.74. The molecule has 2 unspecified atom stereocenters. The zero-order chi connectivity index (χ0) is 27.5. The molecule has 7 nitrogen and oxygen atoms in total. The Kier molecular flexibility index (Phi) is 10.9. The number of carbonyl (C=O) groups excluding carboxylic acids is 2. The first-order chi connectivity index (χ1) is 17.4. The van der Waals surface area contributed by atoms with Crippen molar-refractivity contribution in [3.63, 3.8) is 0 Å². The number of carbonyl (C=O) groups is 2. The van der Waals surface area contributed by atoms with Gasteiger partial charge in [0.2, 0.25) is 0 Å². The minimum absolute atomic E-state index is 0.0385. The van der Waals surface area contributed by atoms with Gasteiger partial charge >= 0.3 is 18.2 Å². The molecule has 0 aromatic heterocycles. The maximum Gasteiger partial charge on any atom is 0.471 e. The summed E-state index contributed by atoms with van der Waals surface area (Å²) >= 11 is 0. The molecule has 2 N–H and O–H groups in total. The second kappa shape index (κ2) is 13.7. The van der Waals surface area contributed by atoms with Gasteiger partial charge in [0.1, 0.15) is 6.61 Å². The third-order valence-corrected chi connectivity index (χ3v) is 5.74. The van der Waals surface area contributed by atoms with Crippen molar-refractivity contribution in [2.45, 2.75) is 58.0 Å². The molecule has 0 aliphatic rings. The van der Waals surface area contributed by atoms with Gasteiger partial charge in [-0.1, -0.05) is 74.5 Å². The lowest BCUT2D eigenvalue weighted by Crippen LogP contribution is -2.54. The highest BCUT2D eigenvalue weighted by molar-refractivity contribution is 5.82. The minimum atomic E-state index is -5.14. The Bertz CT molecular complexity index is 1040. The molecule has 2 aromatic rings. The number of amides is 2. The fourth-order valence-electron chi connectivity index (χ4n) is 3.76. The predicted octanol–water partition coefficient (Wildman–Crippen LogP) is 4.61. The highest BCUT2D eigenvalue weighted by Crippen LogP contribution is 2.25. The molecular formula is C27H32F3N3O4. The number of nitriles is 1. The molecule has 0 saturated carbocycles. The minimum Gasteiger partial charge on any atom is -0.445 e. The summed E-state index contributed by atoms with van der Waals surface area (Å²) in [5.74, 6) is -2.18. The van der Waals surface area contributed by atoms with Crippen LogP contribution in [-0.4, -0.2) is 53.4 Å². The second-order valence-electron chi connectivity index (χ2n) is 9.58. The number of aliphatic hydroxyl groups is 1. The normalized spacial score (nSPS) is 13.2. The molecule has 0 fully saturated rings. The molecule has 2 aromatic carbocycles. The number of aliphatic hydroxyl groups excluding tert-OH is 1. The maximum atomic E-state index is 13.0. The summed E-state index contributed by atoms with van der Waals surface area (Å²) in [5, 5.41) is 21.8. The van der Waals surface area contributed by atoms with Gasteiger partial charge in [-0.25, -0.2) is 4.79 Å². The van der Waals surface area contributed by atoms with Gasteiger partial charge in [-0.3, -0.25) is 4.79 Å². The fraction of sp³-hybridized carbons (Fsp3) is 0.444. The first kappa shape index (κ1) is 29.6. The van der Waals surface area contributed by atoms with E-state index >= 15 is 0 Å². The Balaban J connectivity index is 2.24. The Morgan fingerprint density at radius 2 is 1.62 bits per heavy atom. The summed E-state index contributed by atoms with van der Waals surface area (Å²) in [6, 6.07) is 18.1. The van der Waals surface area contributed by atoms with Crippen LogP contribution in [0.15, 0.2) is 60.7 Å². The Hall–Kier alpha value is -3.58. The van der Waals surface area contributed by atoms with Crippen LogP contribution in [0.1, 0.15) is 37.8 Å². The number of halogens is 3. The van der Waals surface area contributed by atoms with Crippen LogP contribution in [0.25, 0.3) is 0 Å². The van der Waals surface area contributed by atoms with Crippen LogP contribution in [0.2, 0.25) is 0 Å². The summed E-state index contributed by atoms with van der Waals surface area (Å²) in [4.78, 5) is 25.9. The van der Waals surface area contributed by atoms with Crippen molar-refractivity contribution in [1.82, 2.24) is 10.2 Å². The molecular weight excluding hydrogens is 487 g/mol. The zero-order valence-electron chi connectivity index (χ0n) is 20.9. The fourth-order valence-corrected chi connectivity index (χ4v) is 3.76. The van der Waals surface area contributed by atoms with Gasteiger partial charge in [0.05, 0.1) is 24.8 Å². The van der Waals surface area contributed by atoms with E-state index in [1.165, 1.54) is 4.90 Å². The van der Waals surface area contributed by atoms with Crippen LogP contribution in [-0.2, 0) is 22.6 Å². The lowest BCUT2D eigenvalue weighted by atomic mass is 9.87. The van der Waals surface area contributed by atoms with E-state index in [4.69, 9.17) is 10.00 Å². The molecule has 0 bridgehead atoms. The van der Waals surface area contributed by atoms with Crippen molar-refractivity contribution >= 4 is 12.0 Å². The van der Waals surface area contributed by atoms with Crippen molar-refractivity contribution in [3.8, 4) is 6.07 Å². The van der Waals surface area contributed by atoms with Gasteiger partial charge in [-0.15, -0.1) is 0 Å². The average molecular weight is 520 g/mol. The SMILES string of the molecule is CC(C)(CCC#N)CN(CC(O)C(Cc1ccccc1)NC(=O)C(F)(F)F)C(=O)OCc1ccccc1. The molecule has 10 heteroatoms. The van der Waals surface area contributed by atoms with Crippen LogP contribution in [0.3, 0.4) is 0 Å². The van der Waals surface area contributed by atoms with Gasteiger partial charge in [-0.2, -0.15) is 18.4 Å². The van der Waals surface area contributed by atoms with Gasteiger partial charge in [-0.05, 0) is 29.4 Å². The summed E-state index contributed by atoms with van der Waals surface area (Å²) < 4.78 is 44.4. The molecule has 0 heterocycles. The number of alkyl halides is 3. The monoisotopic (exact) mass is 519 g/mol. The summed E-state index contributed by atoms with van der Waals surface area (Å²) in [6.45, 7) is 3.31. The number of nitrogens with one attached hydrogen (secondary N) is 1. The van der Waals surface area contributed by atoms with Gasteiger partial charge in [0.15, 0.2) is 0 Å². The number of hydrogen-bond acceptors (Lipinski definition) is 5. The van der Waals surface area contributed by atoms with E-state index in [2.05, 4.69) is 6.07 Å². The van der Waals surface area contributed by atoms with E-state index in [1.54, 1.807) is 54.6 Å². The molecule has 0 spiro atoms. The van der Waals surface area contributed by atoms with Crippen LogP contribution in [0.4, 0.5) is 18.0 Å². The number of nitrogens with zero attached hydrogens (tertiary/aromatic N) is 2. The first-order valence-corrected chi connectivity index (χ1v) is 11.8. The number of ether oxygens (including phenoxy) is 1. The highest BCUT2D eigenvalue weighted by atomic mass is 19.4. The van der Waals surface area contributed by atoms with E-state index in [9.17, 15) is 27.9 Å². The van der Waals surface area contributed by atoms with Crippen LogP contribution >= 0.6 is 0 Å². The zero-order valence-corrected chi connectivity index (χ0v) is 20.9. The Labute approximate surface area is 214 Å². The van der Waals surface area contributed by atoms with Gasteiger partial charge in [0, 0.05) is 13.0 Å². The first-order valence-electron chi connectivity index (χ1n) is 11.8. The molecule has 2 amide bonds. The largest absolute Gasteiger partial charge is 0.471 e. The average Bonchev–Trinajstić information content (AvgIpc) is 2.85. The van der Waals surface area contributed by atoms with E-state index < -0.39 is 35.7 Å². The number of hydrogen-bond donors (Lipinski definition) is 2. The summed E-state index contributed by atoms with van der Waals surface area (Å²) in [5.41, 5.74) is 0.784. The van der Waals surface area contributed by atoms with E-state index in [0.717, 1.165) is 5.56 Å². The lowest BCUT2D eigenvalue weighted by Gasteiger charge is -2.35. The molecule has 0 aliphatic heterocycles.